The number of non-ortho nitro benzene ring substituents is 1. The highest BCUT2D eigenvalue weighted by Gasteiger charge is 2.12. The molecule has 0 unspecified atom stereocenters. The van der Waals surface area contributed by atoms with Crippen molar-refractivity contribution in [1.29, 1.82) is 0 Å². The molecule has 2 aromatic rings. The number of carbonyl (C=O) groups is 1. The Morgan fingerprint density at radius 1 is 1.12 bits per heavy atom. The van der Waals surface area contributed by atoms with Crippen LogP contribution in [0.3, 0.4) is 0 Å². The Morgan fingerprint density at radius 2 is 1.88 bits per heavy atom. The minimum Gasteiger partial charge on any atom is -0.497 e. The molecule has 0 fully saturated rings. The van der Waals surface area contributed by atoms with E-state index in [9.17, 15) is 14.9 Å². The fraction of sp³-hybridized carbons (Fsp3) is 0.167. The molecule has 136 valence electrons. The number of nitro groups is 1. The van der Waals surface area contributed by atoms with E-state index < -0.39 is 4.92 Å². The summed E-state index contributed by atoms with van der Waals surface area (Å²) < 4.78 is 10.3. The number of rotatable bonds is 8. The zero-order valence-electron chi connectivity index (χ0n) is 14.6. The molecule has 2 N–H and O–H groups in total. The molecule has 0 spiro atoms. The van der Waals surface area contributed by atoms with E-state index in [1.54, 1.807) is 31.3 Å². The fourth-order valence-electron chi connectivity index (χ4n) is 2.28. The first-order valence-electron chi connectivity index (χ1n) is 7.65. The largest absolute Gasteiger partial charge is 0.497 e. The number of ether oxygens (including phenoxy) is 2. The lowest BCUT2D eigenvalue weighted by molar-refractivity contribution is -0.384. The normalized spacial score (nSPS) is 10.4. The van der Waals surface area contributed by atoms with E-state index in [1.165, 1.54) is 38.6 Å². The molecule has 0 heterocycles. The summed E-state index contributed by atoms with van der Waals surface area (Å²) in [5.74, 6) is 0.736. The smallest absolute Gasteiger partial charge is 0.271 e. The Hall–Kier alpha value is -3.55. The molecule has 0 aliphatic carbocycles. The lowest BCUT2D eigenvalue weighted by atomic mass is 10.1. The third-order valence-electron chi connectivity index (χ3n) is 3.63. The van der Waals surface area contributed by atoms with Crippen LogP contribution in [0.2, 0.25) is 0 Å². The van der Waals surface area contributed by atoms with Crippen LogP contribution in [0.1, 0.15) is 10.4 Å². The predicted octanol–water partition coefficient (Wildman–Crippen LogP) is 3.46. The number of methoxy groups -OCH3 is 2. The van der Waals surface area contributed by atoms with Crippen molar-refractivity contribution in [3.05, 3.63) is 64.4 Å². The van der Waals surface area contributed by atoms with Gasteiger partial charge in [-0.2, -0.15) is 0 Å². The van der Waals surface area contributed by atoms with Gasteiger partial charge in [0.2, 0.25) is 0 Å². The van der Waals surface area contributed by atoms with Crippen molar-refractivity contribution in [3.8, 4) is 11.5 Å². The molecule has 0 aliphatic rings. The highest BCUT2D eigenvalue weighted by molar-refractivity contribution is 6.06. The molecular formula is C18H19N3O5. The Kier molecular flexibility index (Phi) is 6.15. The monoisotopic (exact) mass is 357 g/mol. The van der Waals surface area contributed by atoms with Crippen molar-refractivity contribution in [1.82, 2.24) is 0 Å². The number of hydrogen-bond acceptors (Lipinski definition) is 7. The van der Waals surface area contributed by atoms with Crippen molar-refractivity contribution < 1.29 is 19.2 Å². The van der Waals surface area contributed by atoms with Gasteiger partial charge in [-0.3, -0.25) is 14.9 Å². The lowest BCUT2D eigenvalue weighted by Gasteiger charge is -2.09. The number of nitrogens with zero attached hydrogens (tertiary/aromatic N) is 1. The maximum absolute atomic E-state index is 12.4. The van der Waals surface area contributed by atoms with Crippen LogP contribution in [0.15, 0.2) is 48.7 Å². The lowest BCUT2D eigenvalue weighted by Crippen LogP contribution is -2.01. The predicted molar refractivity (Wildman–Crippen MR) is 99.3 cm³/mol. The van der Waals surface area contributed by atoms with Gasteiger partial charge < -0.3 is 20.1 Å². The number of anilines is 2. The number of nitrogens with one attached hydrogen (secondary N) is 2. The molecule has 2 aromatic carbocycles. The van der Waals surface area contributed by atoms with Crippen LogP contribution in [-0.2, 0) is 0 Å². The summed E-state index contributed by atoms with van der Waals surface area (Å²) in [6, 6.07) is 9.27. The zero-order valence-corrected chi connectivity index (χ0v) is 14.6. The van der Waals surface area contributed by atoms with E-state index in [1.807, 2.05) is 0 Å². The summed E-state index contributed by atoms with van der Waals surface area (Å²) in [4.78, 5) is 22.7. The maximum Gasteiger partial charge on any atom is 0.271 e. The Labute approximate surface area is 150 Å². The number of hydrogen-bond donors (Lipinski definition) is 2. The highest BCUT2D eigenvalue weighted by Crippen LogP contribution is 2.27. The van der Waals surface area contributed by atoms with Crippen molar-refractivity contribution in [2.75, 3.05) is 31.9 Å². The van der Waals surface area contributed by atoms with Crippen molar-refractivity contribution in [3.63, 3.8) is 0 Å². The summed E-state index contributed by atoms with van der Waals surface area (Å²) in [6.07, 6.45) is 2.82. The first-order valence-corrected chi connectivity index (χ1v) is 7.65. The molecule has 0 saturated carbocycles. The first-order chi connectivity index (χ1) is 12.5. The van der Waals surface area contributed by atoms with Gasteiger partial charge in [-0.1, -0.05) is 0 Å². The molecule has 0 atom stereocenters. The van der Waals surface area contributed by atoms with Crippen LogP contribution in [0.4, 0.5) is 17.1 Å². The van der Waals surface area contributed by atoms with Gasteiger partial charge in [0.1, 0.15) is 11.5 Å². The molecular weight excluding hydrogens is 338 g/mol. The summed E-state index contributed by atoms with van der Waals surface area (Å²) in [6.45, 7) is 0. The van der Waals surface area contributed by atoms with E-state index >= 15 is 0 Å². The Morgan fingerprint density at radius 3 is 2.50 bits per heavy atom. The van der Waals surface area contributed by atoms with E-state index in [2.05, 4.69) is 10.6 Å². The molecule has 8 heteroatoms. The van der Waals surface area contributed by atoms with Gasteiger partial charge in [-0.15, -0.1) is 0 Å². The van der Waals surface area contributed by atoms with Gasteiger partial charge in [0, 0.05) is 37.5 Å². The maximum atomic E-state index is 12.4. The van der Waals surface area contributed by atoms with Gasteiger partial charge in [-0.25, -0.2) is 0 Å². The van der Waals surface area contributed by atoms with Gasteiger partial charge in [0.25, 0.3) is 5.69 Å². The summed E-state index contributed by atoms with van der Waals surface area (Å²) >= 11 is 0. The van der Waals surface area contributed by atoms with Crippen molar-refractivity contribution >= 4 is 22.8 Å². The van der Waals surface area contributed by atoms with Crippen LogP contribution in [0, 0.1) is 10.1 Å². The summed E-state index contributed by atoms with van der Waals surface area (Å²) in [5, 5.41) is 16.6. The minimum atomic E-state index is -0.472. The number of benzene rings is 2. The van der Waals surface area contributed by atoms with E-state index in [0.29, 0.717) is 28.4 Å². The molecule has 0 aliphatic heterocycles. The van der Waals surface area contributed by atoms with Gasteiger partial charge in [0.05, 0.1) is 36.1 Å². The molecule has 0 amide bonds. The van der Waals surface area contributed by atoms with Crippen LogP contribution >= 0.6 is 0 Å². The number of allylic oxidation sites excluding steroid dienone is 1. The van der Waals surface area contributed by atoms with Crippen molar-refractivity contribution in [2.24, 2.45) is 0 Å². The molecule has 0 radical (unpaired) electrons. The van der Waals surface area contributed by atoms with Crippen LogP contribution in [-0.4, -0.2) is 32.0 Å². The van der Waals surface area contributed by atoms with E-state index in [-0.39, 0.29) is 11.5 Å². The second-order valence-electron chi connectivity index (χ2n) is 5.15. The molecule has 0 aromatic heterocycles. The SMILES string of the molecule is CNc1cc([N+](=O)[O-])ccc1NC=CC(=O)c1ccc(OC)cc1OC. The standard InChI is InChI=1S/C18H19N3O5/c1-19-16-10-12(21(23)24)4-7-15(16)20-9-8-17(22)14-6-5-13(25-2)11-18(14)26-3/h4-11,19-20H,1-3H3. The second kappa shape index (κ2) is 8.52. The van der Waals surface area contributed by atoms with Crippen LogP contribution < -0.4 is 20.1 Å². The quantitative estimate of drug-likeness (QED) is 0.323. The average Bonchev–Trinajstić information content (AvgIpc) is 2.67. The molecule has 2 rings (SSSR count). The zero-order chi connectivity index (χ0) is 19.1. The third-order valence-corrected chi connectivity index (χ3v) is 3.63. The third kappa shape index (κ3) is 4.29. The molecule has 8 nitrogen and oxygen atoms in total. The Balaban J connectivity index is 2.16. The van der Waals surface area contributed by atoms with Crippen LogP contribution in [0.5, 0.6) is 11.5 Å². The average molecular weight is 357 g/mol. The van der Waals surface area contributed by atoms with Gasteiger partial charge in [-0.05, 0) is 18.2 Å². The summed E-state index contributed by atoms with van der Waals surface area (Å²) in [5.41, 5.74) is 1.51. The molecule has 26 heavy (non-hydrogen) atoms. The minimum absolute atomic E-state index is 0.0251. The topological polar surface area (TPSA) is 103 Å². The first kappa shape index (κ1) is 18.8. The highest BCUT2D eigenvalue weighted by atomic mass is 16.6. The Bertz CT molecular complexity index is 849. The molecule has 0 bridgehead atoms. The van der Waals surface area contributed by atoms with Gasteiger partial charge >= 0.3 is 0 Å². The fourth-order valence-corrected chi connectivity index (χ4v) is 2.28. The molecule has 0 saturated heterocycles. The van der Waals surface area contributed by atoms with E-state index in [0.717, 1.165) is 0 Å². The number of ketones is 1. The number of nitro benzene ring substituents is 1. The number of carbonyl (C=O) groups excluding carboxylic acids is 1. The van der Waals surface area contributed by atoms with Gasteiger partial charge in [0.15, 0.2) is 5.78 Å². The van der Waals surface area contributed by atoms with Crippen molar-refractivity contribution in [2.45, 2.75) is 0 Å². The second-order valence-corrected chi connectivity index (χ2v) is 5.15. The van der Waals surface area contributed by atoms with Crippen LogP contribution in [0.25, 0.3) is 0 Å². The summed E-state index contributed by atoms with van der Waals surface area (Å²) in [7, 11) is 4.66. The van der Waals surface area contributed by atoms with E-state index in [4.69, 9.17) is 9.47 Å².